The van der Waals surface area contributed by atoms with Crippen LogP contribution in [0.3, 0.4) is 0 Å². The fraction of sp³-hybridized carbons (Fsp3) is 0.303. The number of hydrogen-bond donors (Lipinski definition) is 1. The van der Waals surface area contributed by atoms with E-state index in [0.717, 1.165) is 48.0 Å². The number of urea groups is 1. The first-order chi connectivity index (χ1) is 18.9. The van der Waals surface area contributed by atoms with Gasteiger partial charge in [0.2, 0.25) is 0 Å². The highest BCUT2D eigenvalue weighted by Gasteiger charge is 2.25. The SMILES string of the molecule is CCC(CN(C(N)=O)c1ccc(N2CCC(Cc3ccccc3)CC2)c2ccccc12)c1ccc(Cl)c(Cl)c1.Cl. The Morgan fingerprint density at radius 2 is 1.60 bits per heavy atom. The number of halogens is 3. The molecule has 1 saturated heterocycles. The monoisotopic (exact) mass is 595 g/mol. The maximum Gasteiger partial charge on any atom is 0.319 e. The molecule has 40 heavy (non-hydrogen) atoms. The Kier molecular flexibility index (Phi) is 10.2. The molecule has 0 aromatic heterocycles. The Hall–Kier alpha value is -2.92. The number of amides is 2. The van der Waals surface area contributed by atoms with Gasteiger partial charge in [-0.2, -0.15) is 0 Å². The van der Waals surface area contributed by atoms with E-state index in [9.17, 15) is 4.79 Å². The van der Waals surface area contributed by atoms with Crippen LogP contribution in [0.2, 0.25) is 10.0 Å². The van der Waals surface area contributed by atoms with Gasteiger partial charge in [-0.05, 0) is 67.0 Å². The molecule has 4 aromatic carbocycles. The average molecular weight is 597 g/mol. The number of anilines is 2. The molecule has 1 aliphatic rings. The van der Waals surface area contributed by atoms with Crippen molar-refractivity contribution < 1.29 is 4.79 Å². The van der Waals surface area contributed by atoms with Crippen LogP contribution in [0.25, 0.3) is 10.8 Å². The van der Waals surface area contributed by atoms with E-state index in [2.05, 4.69) is 72.5 Å². The largest absolute Gasteiger partial charge is 0.371 e. The van der Waals surface area contributed by atoms with Crippen molar-refractivity contribution in [2.45, 2.75) is 38.5 Å². The third-order valence-electron chi connectivity index (χ3n) is 8.07. The average Bonchev–Trinajstić information content (AvgIpc) is 2.96. The summed E-state index contributed by atoms with van der Waals surface area (Å²) in [6.45, 7) is 4.61. The topological polar surface area (TPSA) is 49.6 Å². The first-order valence-corrected chi connectivity index (χ1v) is 14.5. The standard InChI is InChI=1S/C33H35Cl2N3O.ClH/c1-2-25(26-12-13-29(34)30(35)21-26)22-38(33(36)39)32-15-14-31(27-10-6-7-11-28(27)32)37-18-16-24(17-19-37)20-23-8-4-3-5-9-23;/h3-15,21,24-25H,2,16-20,22H2,1H3,(H2,36,39);1H. The van der Waals surface area contributed by atoms with Crippen LogP contribution in [0.5, 0.6) is 0 Å². The Bertz CT molecular complexity index is 1440. The summed E-state index contributed by atoms with van der Waals surface area (Å²) in [5.74, 6) is 0.765. The quantitative estimate of drug-likeness (QED) is 0.220. The third kappa shape index (κ3) is 6.68. The lowest BCUT2D eigenvalue weighted by Gasteiger charge is -2.35. The Labute approximate surface area is 253 Å². The van der Waals surface area contributed by atoms with Gasteiger partial charge >= 0.3 is 6.03 Å². The van der Waals surface area contributed by atoms with Crippen LogP contribution in [-0.4, -0.2) is 25.7 Å². The lowest BCUT2D eigenvalue weighted by Crippen LogP contribution is -2.39. The molecule has 1 fully saturated rings. The fourth-order valence-corrected chi connectivity index (χ4v) is 6.17. The molecule has 1 heterocycles. The highest BCUT2D eigenvalue weighted by Crippen LogP contribution is 2.38. The molecule has 1 unspecified atom stereocenters. The summed E-state index contributed by atoms with van der Waals surface area (Å²) in [5.41, 5.74) is 10.5. The number of carbonyl (C=O) groups excluding carboxylic acids is 1. The van der Waals surface area contributed by atoms with Gasteiger partial charge in [-0.1, -0.05) is 90.8 Å². The lowest BCUT2D eigenvalue weighted by atomic mass is 9.89. The van der Waals surface area contributed by atoms with Crippen molar-refractivity contribution in [3.8, 4) is 0 Å². The zero-order valence-electron chi connectivity index (χ0n) is 22.7. The van der Waals surface area contributed by atoms with E-state index in [1.165, 1.54) is 24.1 Å². The van der Waals surface area contributed by atoms with Crippen molar-refractivity contribution >= 4 is 63.8 Å². The molecule has 7 heteroatoms. The zero-order chi connectivity index (χ0) is 27.4. The van der Waals surface area contributed by atoms with E-state index in [1.807, 2.05) is 24.3 Å². The van der Waals surface area contributed by atoms with Crippen molar-refractivity contribution in [1.82, 2.24) is 0 Å². The van der Waals surface area contributed by atoms with Gasteiger partial charge in [0.05, 0.1) is 15.7 Å². The van der Waals surface area contributed by atoms with Gasteiger partial charge in [0.25, 0.3) is 0 Å². The summed E-state index contributed by atoms with van der Waals surface area (Å²) in [6, 6.07) is 28.5. The minimum Gasteiger partial charge on any atom is -0.371 e. The second-order valence-electron chi connectivity index (χ2n) is 10.5. The predicted octanol–water partition coefficient (Wildman–Crippen LogP) is 9.11. The van der Waals surface area contributed by atoms with E-state index in [1.54, 1.807) is 4.90 Å². The minimum atomic E-state index is -0.465. The number of nitrogens with zero attached hydrogens (tertiary/aromatic N) is 2. The van der Waals surface area contributed by atoms with Crippen LogP contribution in [-0.2, 0) is 6.42 Å². The lowest BCUT2D eigenvalue weighted by molar-refractivity contribution is 0.253. The maximum absolute atomic E-state index is 12.8. The van der Waals surface area contributed by atoms with E-state index in [4.69, 9.17) is 28.9 Å². The van der Waals surface area contributed by atoms with Gasteiger partial charge in [-0.25, -0.2) is 4.79 Å². The summed E-state index contributed by atoms with van der Waals surface area (Å²) in [7, 11) is 0. The van der Waals surface area contributed by atoms with E-state index < -0.39 is 6.03 Å². The second-order valence-corrected chi connectivity index (χ2v) is 11.3. The van der Waals surface area contributed by atoms with Crippen LogP contribution in [0.1, 0.15) is 43.2 Å². The molecular formula is C33H36Cl3N3O. The molecule has 1 aliphatic heterocycles. The molecule has 0 radical (unpaired) electrons. The van der Waals surface area contributed by atoms with Crippen LogP contribution in [0, 0.1) is 5.92 Å². The molecule has 5 rings (SSSR count). The Morgan fingerprint density at radius 1 is 0.925 bits per heavy atom. The van der Waals surface area contributed by atoms with Crippen LogP contribution >= 0.6 is 35.6 Å². The molecule has 0 bridgehead atoms. The molecule has 0 aliphatic carbocycles. The molecule has 1 atom stereocenters. The third-order valence-corrected chi connectivity index (χ3v) is 8.81. The number of fused-ring (bicyclic) bond motifs is 1. The summed E-state index contributed by atoms with van der Waals surface area (Å²) in [5, 5.41) is 3.21. The molecule has 2 N–H and O–H groups in total. The van der Waals surface area contributed by atoms with E-state index in [0.29, 0.717) is 22.5 Å². The highest BCUT2D eigenvalue weighted by molar-refractivity contribution is 6.42. The number of nitrogens with two attached hydrogens (primary N) is 1. The Balaban J connectivity index is 0.00000370. The fourth-order valence-electron chi connectivity index (χ4n) is 5.87. The molecule has 4 nitrogen and oxygen atoms in total. The Morgan fingerprint density at radius 3 is 2.25 bits per heavy atom. The van der Waals surface area contributed by atoms with E-state index >= 15 is 0 Å². The van der Waals surface area contributed by atoms with Crippen molar-refractivity contribution in [1.29, 1.82) is 0 Å². The normalized spacial score (nSPS) is 14.5. The summed E-state index contributed by atoms with van der Waals surface area (Å²) in [6.07, 6.45) is 4.30. The number of primary amides is 1. The summed E-state index contributed by atoms with van der Waals surface area (Å²) >= 11 is 12.5. The number of hydrogen-bond acceptors (Lipinski definition) is 2. The van der Waals surface area contributed by atoms with Crippen molar-refractivity contribution in [3.63, 3.8) is 0 Å². The summed E-state index contributed by atoms with van der Waals surface area (Å²) in [4.78, 5) is 17.0. The van der Waals surface area contributed by atoms with Crippen LogP contribution in [0.4, 0.5) is 16.2 Å². The number of rotatable bonds is 8. The molecule has 2 amide bonds. The van der Waals surface area contributed by atoms with Gasteiger partial charge < -0.3 is 10.6 Å². The second kappa shape index (κ2) is 13.6. The number of carbonyl (C=O) groups is 1. The molecule has 0 spiro atoms. The first kappa shape index (κ1) is 30.0. The smallest absolute Gasteiger partial charge is 0.319 e. The van der Waals surface area contributed by atoms with Gasteiger partial charge in [-0.3, -0.25) is 4.90 Å². The minimum absolute atomic E-state index is 0. The molecule has 4 aromatic rings. The first-order valence-electron chi connectivity index (χ1n) is 13.8. The van der Waals surface area contributed by atoms with Gasteiger partial charge in [0.1, 0.15) is 0 Å². The predicted molar refractivity (Wildman–Crippen MR) is 173 cm³/mol. The molecule has 0 saturated carbocycles. The number of piperidine rings is 1. The van der Waals surface area contributed by atoms with Crippen LogP contribution in [0.15, 0.2) is 84.9 Å². The van der Waals surface area contributed by atoms with Crippen molar-refractivity contribution in [2.75, 3.05) is 29.4 Å². The molecule has 210 valence electrons. The summed E-state index contributed by atoms with van der Waals surface area (Å²) < 4.78 is 0. The zero-order valence-corrected chi connectivity index (χ0v) is 25.1. The highest BCUT2D eigenvalue weighted by atomic mass is 35.5. The van der Waals surface area contributed by atoms with E-state index in [-0.39, 0.29) is 18.3 Å². The van der Waals surface area contributed by atoms with Crippen molar-refractivity contribution in [3.05, 3.63) is 106 Å². The number of benzene rings is 4. The van der Waals surface area contributed by atoms with Gasteiger partial charge in [-0.15, -0.1) is 12.4 Å². The van der Waals surface area contributed by atoms with Gasteiger partial charge in [0.15, 0.2) is 0 Å². The van der Waals surface area contributed by atoms with Crippen molar-refractivity contribution in [2.24, 2.45) is 11.7 Å². The maximum atomic E-state index is 12.8. The molecular weight excluding hydrogens is 561 g/mol. The van der Waals surface area contributed by atoms with Gasteiger partial charge in [0, 0.05) is 42.0 Å². The van der Waals surface area contributed by atoms with Crippen LogP contribution < -0.4 is 15.5 Å².